The van der Waals surface area contributed by atoms with Gasteiger partial charge in [0.05, 0.1) is 17.3 Å². The number of piperazine rings is 1. The Kier molecular flexibility index (Phi) is 4.87. The van der Waals surface area contributed by atoms with Gasteiger partial charge in [-0.25, -0.2) is 0 Å². The molecule has 0 spiro atoms. The molecule has 1 aliphatic rings. The van der Waals surface area contributed by atoms with Gasteiger partial charge in [-0.15, -0.1) is 0 Å². The summed E-state index contributed by atoms with van der Waals surface area (Å²) in [5, 5.41) is 10.2. The monoisotopic (exact) mass is 268 g/mol. The molecule has 0 aliphatic carbocycles. The Balaban J connectivity index is 2.09. The second-order valence-corrected chi connectivity index (χ2v) is 5.14. The lowest BCUT2D eigenvalue weighted by molar-refractivity contribution is 0.256. The van der Waals surface area contributed by atoms with Gasteiger partial charge in [0.25, 0.3) is 0 Å². The Morgan fingerprint density at radius 3 is 2.56 bits per heavy atom. The van der Waals surface area contributed by atoms with Crippen molar-refractivity contribution in [1.29, 1.82) is 0 Å². The summed E-state index contributed by atoms with van der Waals surface area (Å²) in [7, 11) is 0. The number of hydrogen-bond donors (Lipinski definition) is 1. The van der Waals surface area contributed by atoms with Crippen molar-refractivity contribution in [2.45, 2.75) is 20.0 Å². The van der Waals surface area contributed by atoms with Crippen molar-refractivity contribution < 1.29 is 5.11 Å². The van der Waals surface area contributed by atoms with Crippen LogP contribution in [0, 0.1) is 0 Å². The largest absolute Gasteiger partial charge is 0.392 e. The van der Waals surface area contributed by atoms with Gasteiger partial charge in [-0.1, -0.05) is 30.7 Å². The summed E-state index contributed by atoms with van der Waals surface area (Å²) in [6.07, 6.45) is 1.20. The Labute approximate surface area is 114 Å². The minimum Gasteiger partial charge on any atom is -0.392 e. The quantitative estimate of drug-likeness (QED) is 0.908. The zero-order chi connectivity index (χ0) is 13.0. The molecule has 0 radical (unpaired) electrons. The van der Waals surface area contributed by atoms with Gasteiger partial charge in [0.15, 0.2) is 0 Å². The lowest BCUT2D eigenvalue weighted by Crippen LogP contribution is -2.46. The Morgan fingerprint density at radius 1 is 1.22 bits per heavy atom. The van der Waals surface area contributed by atoms with E-state index in [0.29, 0.717) is 0 Å². The van der Waals surface area contributed by atoms with Crippen LogP contribution in [0.1, 0.15) is 18.9 Å². The van der Waals surface area contributed by atoms with E-state index >= 15 is 0 Å². The summed E-state index contributed by atoms with van der Waals surface area (Å²) in [5.41, 5.74) is 1.93. The number of anilines is 1. The maximum atomic E-state index is 9.41. The van der Waals surface area contributed by atoms with E-state index in [1.807, 2.05) is 18.2 Å². The molecule has 1 fully saturated rings. The van der Waals surface area contributed by atoms with E-state index in [0.717, 1.165) is 42.5 Å². The maximum absolute atomic E-state index is 9.41. The van der Waals surface area contributed by atoms with E-state index in [-0.39, 0.29) is 6.61 Å². The first kappa shape index (κ1) is 13.7. The fraction of sp³-hybridized carbons (Fsp3) is 0.571. The molecule has 1 saturated heterocycles. The third kappa shape index (κ3) is 2.97. The minimum atomic E-state index is 0.0467. The molecule has 100 valence electrons. The highest BCUT2D eigenvalue weighted by Crippen LogP contribution is 2.30. The lowest BCUT2D eigenvalue weighted by atomic mass is 10.1. The molecule has 0 unspecified atom stereocenters. The zero-order valence-electron chi connectivity index (χ0n) is 10.9. The van der Waals surface area contributed by atoms with Crippen LogP contribution in [0.25, 0.3) is 0 Å². The van der Waals surface area contributed by atoms with Gasteiger partial charge in [0, 0.05) is 31.7 Å². The molecule has 0 bridgehead atoms. The van der Waals surface area contributed by atoms with Crippen molar-refractivity contribution in [2.24, 2.45) is 0 Å². The summed E-state index contributed by atoms with van der Waals surface area (Å²) in [5.74, 6) is 0. The standard InChI is InChI=1S/C14H21ClN2O/c1-2-6-16-7-9-17(10-8-16)14-12(11-18)4-3-5-13(14)15/h3-5,18H,2,6-11H2,1H3. The molecule has 1 heterocycles. The Morgan fingerprint density at radius 2 is 1.94 bits per heavy atom. The maximum Gasteiger partial charge on any atom is 0.0702 e. The van der Waals surface area contributed by atoms with E-state index < -0.39 is 0 Å². The van der Waals surface area contributed by atoms with Crippen LogP contribution in [0.2, 0.25) is 5.02 Å². The molecule has 3 nitrogen and oxygen atoms in total. The van der Waals surface area contributed by atoms with Gasteiger partial charge in [0.1, 0.15) is 0 Å². The van der Waals surface area contributed by atoms with Crippen LogP contribution in [-0.2, 0) is 6.61 Å². The van der Waals surface area contributed by atoms with Crippen LogP contribution in [0.15, 0.2) is 18.2 Å². The summed E-state index contributed by atoms with van der Waals surface area (Å²) >= 11 is 6.27. The number of aliphatic hydroxyl groups is 1. The van der Waals surface area contributed by atoms with Crippen LogP contribution in [0.3, 0.4) is 0 Å². The van der Waals surface area contributed by atoms with Crippen LogP contribution in [0.5, 0.6) is 0 Å². The molecule has 2 rings (SSSR count). The molecule has 1 aromatic carbocycles. The summed E-state index contributed by atoms with van der Waals surface area (Å²) in [6, 6.07) is 5.73. The molecule has 18 heavy (non-hydrogen) atoms. The first-order chi connectivity index (χ1) is 8.76. The van der Waals surface area contributed by atoms with Gasteiger partial charge in [0.2, 0.25) is 0 Å². The topological polar surface area (TPSA) is 26.7 Å². The molecule has 1 aliphatic heterocycles. The third-order valence-corrected chi connectivity index (χ3v) is 3.77. The number of halogens is 1. The van der Waals surface area contributed by atoms with E-state index in [1.54, 1.807) is 0 Å². The second kappa shape index (κ2) is 6.41. The van der Waals surface area contributed by atoms with Crippen LogP contribution in [0.4, 0.5) is 5.69 Å². The van der Waals surface area contributed by atoms with Crippen molar-refractivity contribution in [3.8, 4) is 0 Å². The Bertz CT molecular complexity index is 389. The summed E-state index contributed by atoms with van der Waals surface area (Å²) in [4.78, 5) is 4.77. The van der Waals surface area contributed by atoms with Crippen LogP contribution < -0.4 is 4.90 Å². The molecule has 4 heteroatoms. The zero-order valence-corrected chi connectivity index (χ0v) is 11.7. The number of nitrogens with zero attached hydrogens (tertiary/aromatic N) is 2. The summed E-state index contributed by atoms with van der Waals surface area (Å²) in [6.45, 7) is 7.54. The van der Waals surface area contributed by atoms with Crippen LogP contribution in [-0.4, -0.2) is 42.7 Å². The number of benzene rings is 1. The molecule has 0 aromatic heterocycles. The van der Waals surface area contributed by atoms with Gasteiger partial charge in [-0.05, 0) is 19.0 Å². The van der Waals surface area contributed by atoms with Crippen LogP contribution >= 0.6 is 11.6 Å². The van der Waals surface area contributed by atoms with Gasteiger partial charge < -0.3 is 10.0 Å². The van der Waals surface area contributed by atoms with E-state index in [4.69, 9.17) is 11.6 Å². The van der Waals surface area contributed by atoms with Crippen molar-refractivity contribution in [2.75, 3.05) is 37.6 Å². The lowest BCUT2D eigenvalue weighted by Gasteiger charge is -2.37. The minimum absolute atomic E-state index is 0.0467. The number of hydrogen-bond acceptors (Lipinski definition) is 3. The highest BCUT2D eigenvalue weighted by Gasteiger charge is 2.20. The average Bonchev–Trinajstić information content (AvgIpc) is 2.40. The van der Waals surface area contributed by atoms with Crippen molar-refractivity contribution in [3.05, 3.63) is 28.8 Å². The van der Waals surface area contributed by atoms with Crippen molar-refractivity contribution >= 4 is 17.3 Å². The average molecular weight is 269 g/mol. The number of aliphatic hydroxyl groups excluding tert-OH is 1. The molecule has 1 aromatic rings. The molecule has 0 atom stereocenters. The van der Waals surface area contributed by atoms with Gasteiger partial charge in [-0.3, -0.25) is 4.90 Å². The molecular formula is C14H21ClN2O. The molecular weight excluding hydrogens is 248 g/mol. The summed E-state index contributed by atoms with van der Waals surface area (Å²) < 4.78 is 0. The molecule has 1 N–H and O–H groups in total. The smallest absolute Gasteiger partial charge is 0.0702 e. The molecule has 0 saturated carbocycles. The highest BCUT2D eigenvalue weighted by atomic mass is 35.5. The molecule has 0 amide bonds. The van der Waals surface area contributed by atoms with Crippen molar-refractivity contribution in [1.82, 2.24) is 4.90 Å². The van der Waals surface area contributed by atoms with E-state index in [1.165, 1.54) is 13.0 Å². The predicted molar refractivity (Wildman–Crippen MR) is 76.3 cm³/mol. The number of rotatable bonds is 4. The Hall–Kier alpha value is -0.770. The normalized spacial score (nSPS) is 17.2. The van der Waals surface area contributed by atoms with Gasteiger partial charge in [-0.2, -0.15) is 0 Å². The van der Waals surface area contributed by atoms with E-state index in [2.05, 4.69) is 16.7 Å². The first-order valence-electron chi connectivity index (χ1n) is 6.61. The van der Waals surface area contributed by atoms with Crippen molar-refractivity contribution in [3.63, 3.8) is 0 Å². The fourth-order valence-corrected chi connectivity index (χ4v) is 2.87. The highest BCUT2D eigenvalue weighted by molar-refractivity contribution is 6.33. The van der Waals surface area contributed by atoms with Gasteiger partial charge >= 0.3 is 0 Å². The second-order valence-electron chi connectivity index (χ2n) is 4.73. The first-order valence-corrected chi connectivity index (χ1v) is 6.99. The van der Waals surface area contributed by atoms with E-state index in [9.17, 15) is 5.11 Å². The number of para-hydroxylation sites is 1. The fourth-order valence-electron chi connectivity index (χ4n) is 2.55. The SMILES string of the molecule is CCCN1CCN(c2c(Cl)cccc2CO)CC1. The third-order valence-electron chi connectivity index (χ3n) is 3.47. The predicted octanol–water partition coefficient (Wildman–Crippen LogP) is 2.36.